The Bertz CT molecular complexity index is 776. The molecule has 35 heavy (non-hydrogen) atoms. The summed E-state index contributed by atoms with van der Waals surface area (Å²) >= 11 is 0. The topological polar surface area (TPSA) is 66.6 Å². The number of hydrogen-bond acceptors (Lipinski definition) is 3. The van der Waals surface area contributed by atoms with Crippen molar-refractivity contribution in [3.63, 3.8) is 0 Å². The predicted octanol–water partition coefficient (Wildman–Crippen LogP) is 6.01. The predicted molar refractivity (Wildman–Crippen MR) is 143 cm³/mol. The van der Waals surface area contributed by atoms with Crippen LogP contribution in [0.25, 0.3) is 0 Å². The van der Waals surface area contributed by atoms with Gasteiger partial charge in [-0.1, -0.05) is 27.7 Å². The minimum absolute atomic E-state index is 0.0481. The van der Waals surface area contributed by atoms with Gasteiger partial charge in [-0.15, -0.1) is 0 Å². The van der Waals surface area contributed by atoms with Crippen LogP contribution >= 0.6 is 0 Å². The van der Waals surface area contributed by atoms with Gasteiger partial charge >= 0.3 is 0 Å². The van der Waals surface area contributed by atoms with E-state index in [0.717, 1.165) is 87.7 Å². The lowest BCUT2D eigenvalue weighted by Gasteiger charge is -2.61. The van der Waals surface area contributed by atoms with Crippen LogP contribution in [0.2, 0.25) is 0 Å². The second kappa shape index (κ2) is 9.61. The zero-order chi connectivity index (χ0) is 25.0. The fourth-order valence-electron chi connectivity index (χ4n) is 10.4. The van der Waals surface area contributed by atoms with Gasteiger partial charge in [0.1, 0.15) is 0 Å². The van der Waals surface area contributed by atoms with Crippen molar-refractivity contribution >= 4 is 5.91 Å². The number of rotatable bonds is 5. The Morgan fingerprint density at radius 1 is 0.943 bits per heavy atom. The molecule has 1 aliphatic heterocycles. The average Bonchev–Trinajstić information content (AvgIpc) is 3.20. The Morgan fingerprint density at radius 3 is 2.34 bits per heavy atom. The number of carbonyl (C=O) groups is 1. The summed E-state index contributed by atoms with van der Waals surface area (Å²) in [6.45, 7) is 12.5. The van der Waals surface area contributed by atoms with Gasteiger partial charge in [-0.2, -0.15) is 0 Å². The smallest absolute Gasteiger partial charge is 0.222 e. The number of carbonyl (C=O) groups excluding carboxylic acids is 1. The highest BCUT2D eigenvalue weighted by atomic mass is 16.3. The molecule has 0 aromatic rings. The van der Waals surface area contributed by atoms with E-state index in [9.17, 15) is 9.90 Å². The van der Waals surface area contributed by atoms with Gasteiger partial charge in [0.25, 0.3) is 0 Å². The van der Waals surface area contributed by atoms with Crippen LogP contribution in [0.1, 0.15) is 111 Å². The lowest BCUT2D eigenvalue weighted by molar-refractivity contribution is -0.134. The second-order valence-corrected chi connectivity index (χ2v) is 14.7. The van der Waals surface area contributed by atoms with Crippen molar-refractivity contribution in [1.82, 2.24) is 4.90 Å². The molecule has 0 bridgehead atoms. The maximum atomic E-state index is 13.0. The zero-order valence-corrected chi connectivity index (χ0v) is 23.2. The summed E-state index contributed by atoms with van der Waals surface area (Å²) in [7, 11) is 0. The molecule has 4 saturated carbocycles. The van der Waals surface area contributed by atoms with Gasteiger partial charge in [0.05, 0.1) is 6.10 Å². The Kier molecular flexibility index (Phi) is 7.14. The molecule has 0 aromatic carbocycles. The van der Waals surface area contributed by atoms with Gasteiger partial charge < -0.3 is 15.7 Å². The van der Waals surface area contributed by atoms with Crippen LogP contribution in [0.15, 0.2) is 0 Å². The maximum absolute atomic E-state index is 13.0. The van der Waals surface area contributed by atoms with E-state index >= 15 is 0 Å². The summed E-state index contributed by atoms with van der Waals surface area (Å²) in [4.78, 5) is 15.2. The molecule has 1 saturated heterocycles. The van der Waals surface area contributed by atoms with Crippen LogP contribution in [0.4, 0.5) is 0 Å². The van der Waals surface area contributed by atoms with E-state index in [1.54, 1.807) is 0 Å². The number of aliphatic hydroxyl groups is 1. The molecule has 1 amide bonds. The third-order valence-electron chi connectivity index (χ3n) is 13.0. The summed E-state index contributed by atoms with van der Waals surface area (Å²) in [5, 5.41) is 10.3. The lowest BCUT2D eigenvalue weighted by atomic mass is 9.44. The molecule has 0 unspecified atom stereocenters. The fraction of sp³-hybridized carbons (Fsp3) is 0.968. The lowest BCUT2D eigenvalue weighted by Crippen LogP contribution is -2.54. The van der Waals surface area contributed by atoms with E-state index in [1.165, 1.54) is 44.9 Å². The molecule has 200 valence electrons. The van der Waals surface area contributed by atoms with E-state index < -0.39 is 0 Å². The Hall–Kier alpha value is -0.610. The molecule has 4 nitrogen and oxygen atoms in total. The van der Waals surface area contributed by atoms with Crippen molar-refractivity contribution in [2.75, 3.05) is 19.6 Å². The highest BCUT2D eigenvalue weighted by Crippen LogP contribution is 2.68. The second-order valence-electron chi connectivity index (χ2n) is 14.7. The van der Waals surface area contributed by atoms with Gasteiger partial charge in [0, 0.05) is 19.5 Å². The molecular formula is C31H54N2O2. The molecule has 0 aromatic heterocycles. The van der Waals surface area contributed by atoms with E-state index in [4.69, 9.17) is 5.73 Å². The van der Waals surface area contributed by atoms with Gasteiger partial charge in [-0.25, -0.2) is 0 Å². The first-order valence-corrected chi connectivity index (χ1v) is 15.3. The fourth-order valence-corrected chi connectivity index (χ4v) is 10.4. The number of hydrogen-bond donors (Lipinski definition) is 2. The van der Waals surface area contributed by atoms with Crippen LogP contribution in [-0.2, 0) is 4.79 Å². The minimum atomic E-state index is -0.0481. The van der Waals surface area contributed by atoms with Crippen LogP contribution in [0.3, 0.4) is 0 Å². The van der Waals surface area contributed by atoms with Crippen molar-refractivity contribution in [3.8, 4) is 0 Å². The first kappa shape index (κ1) is 26.0. The molecule has 5 rings (SSSR count). The number of fused-ring (bicyclic) bond motifs is 5. The third kappa shape index (κ3) is 4.51. The Balaban J connectivity index is 1.19. The molecule has 5 fully saturated rings. The molecule has 1 heterocycles. The molecule has 0 radical (unpaired) electrons. The Labute approximate surface area is 215 Å². The number of likely N-dealkylation sites (tertiary alicyclic amines) is 1. The van der Waals surface area contributed by atoms with Crippen molar-refractivity contribution in [3.05, 3.63) is 0 Å². The van der Waals surface area contributed by atoms with Gasteiger partial charge in [0.2, 0.25) is 5.91 Å². The number of nitrogens with two attached hydrogens (primary N) is 1. The summed E-state index contributed by atoms with van der Waals surface area (Å²) < 4.78 is 0. The minimum Gasteiger partial charge on any atom is -0.393 e. The van der Waals surface area contributed by atoms with E-state index in [0.29, 0.717) is 22.7 Å². The normalized spacial score (nSPS) is 45.8. The van der Waals surface area contributed by atoms with Crippen molar-refractivity contribution < 1.29 is 9.90 Å². The molecule has 5 aliphatic rings. The molecular weight excluding hydrogens is 432 g/mol. The highest BCUT2D eigenvalue weighted by molar-refractivity contribution is 5.76. The van der Waals surface area contributed by atoms with Crippen LogP contribution < -0.4 is 5.73 Å². The van der Waals surface area contributed by atoms with Gasteiger partial charge in [-0.3, -0.25) is 4.79 Å². The number of piperidine rings is 1. The van der Waals surface area contributed by atoms with E-state index in [-0.39, 0.29) is 11.5 Å². The quantitative estimate of drug-likeness (QED) is 0.500. The first-order valence-electron chi connectivity index (χ1n) is 15.3. The van der Waals surface area contributed by atoms with E-state index in [2.05, 4.69) is 32.6 Å². The maximum Gasteiger partial charge on any atom is 0.222 e. The van der Waals surface area contributed by atoms with Crippen LogP contribution in [0, 0.1) is 51.8 Å². The summed E-state index contributed by atoms with van der Waals surface area (Å²) in [5.41, 5.74) is 7.13. The first-order chi connectivity index (χ1) is 16.6. The standard InChI is InChI=1S/C31H54N2O2/c1-21(5-10-28(35)33-17-15-29(2,20-32)16-18-33)25-8-9-26-24-7-6-22-19-23(34)11-13-30(22,3)27(24)12-14-31(25,26)4/h21-27,34H,5-20,32H2,1-4H3/t21-,22+,23+,24+,25-,26+,27+,30+,31-/m1/s1. The van der Waals surface area contributed by atoms with Gasteiger partial charge in [0.15, 0.2) is 0 Å². The number of aliphatic hydroxyl groups excluding tert-OH is 1. The monoisotopic (exact) mass is 486 g/mol. The summed E-state index contributed by atoms with van der Waals surface area (Å²) in [6.07, 6.45) is 15.5. The molecule has 4 heteroatoms. The van der Waals surface area contributed by atoms with Crippen molar-refractivity contribution in [2.24, 2.45) is 57.5 Å². The largest absolute Gasteiger partial charge is 0.393 e. The summed E-state index contributed by atoms with van der Waals surface area (Å²) in [6, 6.07) is 0. The van der Waals surface area contributed by atoms with Crippen molar-refractivity contribution in [1.29, 1.82) is 0 Å². The molecule has 9 atom stereocenters. The number of nitrogens with zero attached hydrogens (tertiary/aromatic N) is 1. The molecule has 0 spiro atoms. The van der Waals surface area contributed by atoms with Crippen LogP contribution in [0.5, 0.6) is 0 Å². The average molecular weight is 487 g/mol. The number of amides is 1. The highest BCUT2D eigenvalue weighted by Gasteiger charge is 2.60. The molecule has 3 N–H and O–H groups in total. The van der Waals surface area contributed by atoms with Crippen LogP contribution in [-0.4, -0.2) is 41.7 Å². The zero-order valence-electron chi connectivity index (χ0n) is 23.2. The SMILES string of the molecule is C[C@H](CCC(=O)N1CCC(C)(CN)CC1)[C@H]1CC[C@H]2[C@@H]3CC[C@H]4C[C@@H](O)CC[C@]4(C)[C@H]3CC[C@]12C. The van der Waals surface area contributed by atoms with Crippen molar-refractivity contribution in [2.45, 2.75) is 117 Å². The van der Waals surface area contributed by atoms with Gasteiger partial charge in [-0.05, 0) is 135 Å². The molecule has 4 aliphatic carbocycles. The Morgan fingerprint density at radius 2 is 1.63 bits per heavy atom. The summed E-state index contributed by atoms with van der Waals surface area (Å²) in [5.74, 6) is 5.20. The van der Waals surface area contributed by atoms with E-state index in [1.807, 2.05) is 0 Å². The third-order valence-corrected chi connectivity index (χ3v) is 13.0.